The highest BCUT2D eigenvalue weighted by Gasteiger charge is 2.20. The number of thioether (sulfide) groups is 1. The molecule has 20 heavy (non-hydrogen) atoms. The molecule has 0 aliphatic heterocycles. The average molecular weight is 296 g/mol. The fourth-order valence-electron chi connectivity index (χ4n) is 1.71. The van der Waals surface area contributed by atoms with Gasteiger partial charge in [0.05, 0.1) is 0 Å². The van der Waals surface area contributed by atoms with Crippen LogP contribution in [0.15, 0.2) is 0 Å². The van der Waals surface area contributed by atoms with Crippen LogP contribution >= 0.6 is 11.8 Å². The van der Waals surface area contributed by atoms with Gasteiger partial charge in [-0.15, -0.1) is 0 Å². The Morgan fingerprint density at radius 2 is 1.60 bits per heavy atom. The summed E-state index contributed by atoms with van der Waals surface area (Å²) in [5, 5.41) is 6.84. The second-order valence-electron chi connectivity index (χ2n) is 5.97. The van der Waals surface area contributed by atoms with Gasteiger partial charge in [0.1, 0.15) is 17.5 Å². The molecular weight excluding hydrogens is 268 g/mol. The minimum absolute atomic E-state index is 0.0493. The maximum absolute atomic E-state index is 4.71. The van der Waals surface area contributed by atoms with E-state index in [0.717, 1.165) is 48.3 Å². The van der Waals surface area contributed by atoms with Crippen LogP contribution in [0.2, 0.25) is 0 Å². The van der Waals surface area contributed by atoms with Crippen LogP contribution in [0.4, 0.5) is 11.6 Å². The normalized spacial score (nSPS) is 11.5. The molecule has 0 aliphatic rings. The van der Waals surface area contributed by atoms with Crippen LogP contribution in [0.1, 0.15) is 45.5 Å². The highest BCUT2D eigenvalue weighted by molar-refractivity contribution is 7.98. The van der Waals surface area contributed by atoms with E-state index in [4.69, 9.17) is 9.97 Å². The van der Waals surface area contributed by atoms with E-state index in [9.17, 15) is 0 Å². The monoisotopic (exact) mass is 296 g/mol. The molecule has 0 unspecified atom stereocenters. The molecule has 114 valence electrons. The third kappa shape index (κ3) is 4.85. The Kier molecular flexibility index (Phi) is 6.59. The van der Waals surface area contributed by atoms with E-state index in [1.807, 2.05) is 11.8 Å². The molecule has 0 saturated carbocycles. The van der Waals surface area contributed by atoms with Crippen LogP contribution in [0, 0.1) is 6.92 Å². The summed E-state index contributed by atoms with van der Waals surface area (Å²) in [6.07, 6.45) is 3.20. The van der Waals surface area contributed by atoms with Gasteiger partial charge in [-0.2, -0.15) is 11.8 Å². The molecule has 1 heterocycles. The van der Waals surface area contributed by atoms with Crippen molar-refractivity contribution in [3.63, 3.8) is 0 Å². The first-order chi connectivity index (χ1) is 9.40. The third-order valence-corrected chi connectivity index (χ3v) is 3.57. The molecule has 0 amide bonds. The summed E-state index contributed by atoms with van der Waals surface area (Å²) in [5.74, 6) is 3.87. The van der Waals surface area contributed by atoms with Gasteiger partial charge in [-0.1, -0.05) is 27.7 Å². The smallest absolute Gasteiger partial charge is 0.138 e. The van der Waals surface area contributed by atoms with Gasteiger partial charge in [-0.25, -0.2) is 9.97 Å². The molecule has 5 heteroatoms. The Hall–Kier alpha value is -0.970. The van der Waals surface area contributed by atoms with Crippen LogP contribution in [0.3, 0.4) is 0 Å². The van der Waals surface area contributed by atoms with Gasteiger partial charge in [0, 0.05) is 29.8 Å². The lowest BCUT2D eigenvalue weighted by molar-refractivity contribution is 0.546. The van der Waals surface area contributed by atoms with Crippen molar-refractivity contribution >= 4 is 23.4 Å². The van der Waals surface area contributed by atoms with Crippen LogP contribution < -0.4 is 10.6 Å². The zero-order valence-electron chi connectivity index (χ0n) is 13.6. The molecule has 0 atom stereocenters. The molecule has 2 N–H and O–H groups in total. The summed E-state index contributed by atoms with van der Waals surface area (Å²) in [4.78, 5) is 9.42. The van der Waals surface area contributed by atoms with E-state index in [2.05, 4.69) is 51.5 Å². The Bertz CT molecular complexity index is 427. The van der Waals surface area contributed by atoms with E-state index < -0.39 is 0 Å². The Morgan fingerprint density at radius 1 is 1.05 bits per heavy atom. The molecule has 0 bridgehead atoms. The topological polar surface area (TPSA) is 49.8 Å². The van der Waals surface area contributed by atoms with Crippen LogP contribution in [0.25, 0.3) is 0 Å². The summed E-state index contributed by atoms with van der Waals surface area (Å²) < 4.78 is 0. The molecular formula is C15H28N4S. The molecule has 1 aromatic rings. The number of anilines is 2. The lowest BCUT2D eigenvalue weighted by atomic mass is 9.95. The van der Waals surface area contributed by atoms with Crippen molar-refractivity contribution in [1.29, 1.82) is 0 Å². The number of hydrogen-bond donors (Lipinski definition) is 2. The average Bonchev–Trinajstić information content (AvgIpc) is 2.38. The Morgan fingerprint density at radius 3 is 2.05 bits per heavy atom. The van der Waals surface area contributed by atoms with Gasteiger partial charge in [0.15, 0.2) is 0 Å². The van der Waals surface area contributed by atoms with E-state index >= 15 is 0 Å². The van der Waals surface area contributed by atoms with Gasteiger partial charge < -0.3 is 10.6 Å². The van der Waals surface area contributed by atoms with Crippen molar-refractivity contribution in [1.82, 2.24) is 9.97 Å². The summed E-state index contributed by atoms with van der Waals surface area (Å²) >= 11 is 1.83. The molecule has 0 radical (unpaired) electrons. The minimum atomic E-state index is -0.0493. The summed E-state index contributed by atoms with van der Waals surface area (Å²) in [6, 6.07) is 0. The van der Waals surface area contributed by atoms with Crippen molar-refractivity contribution < 1.29 is 0 Å². The molecule has 0 aliphatic carbocycles. The second kappa shape index (κ2) is 7.72. The lowest BCUT2D eigenvalue weighted by Crippen LogP contribution is -2.20. The van der Waals surface area contributed by atoms with Crippen molar-refractivity contribution in [2.24, 2.45) is 0 Å². The van der Waals surface area contributed by atoms with E-state index in [-0.39, 0.29) is 5.41 Å². The van der Waals surface area contributed by atoms with Gasteiger partial charge in [-0.05, 0) is 19.6 Å². The molecule has 0 saturated heterocycles. The third-order valence-electron chi connectivity index (χ3n) is 2.96. The van der Waals surface area contributed by atoms with E-state index in [1.54, 1.807) is 0 Å². The van der Waals surface area contributed by atoms with E-state index in [1.165, 1.54) is 0 Å². The highest BCUT2D eigenvalue weighted by Crippen LogP contribution is 2.26. The Labute approximate surface area is 127 Å². The summed E-state index contributed by atoms with van der Waals surface area (Å²) in [6.45, 7) is 12.5. The molecule has 4 nitrogen and oxygen atoms in total. The summed E-state index contributed by atoms with van der Waals surface area (Å²) in [7, 11) is 0. The molecule has 1 aromatic heterocycles. The van der Waals surface area contributed by atoms with Crippen molar-refractivity contribution in [3.8, 4) is 0 Å². The van der Waals surface area contributed by atoms with Gasteiger partial charge in [0.25, 0.3) is 0 Å². The number of nitrogens with one attached hydrogen (secondary N) is 2. The summed E-state index contributed by atoms with van der Waals surface area (Å²) in [5.41, 5.74) is 1.05. The zero-order chi connectivity index (χ0) is 15.2. The van der Waals surface area contributed by atoms with E-state index in [0.29, 0.717) is 0 Å². The SMILES string of the molecule is CCCNc1nc(C(C)(C)C)nc(NCCSC)c1C. The first-order valence-electron chi connectivity index (χ1n) is 7.26. The molecule has 0 fully saturated rings. The quantitative estimate of drug-likeness (QED) is 0.752. The number of aromatic nitrogens is 2. The van der Waals surface area contributed by atoms with Gasteiger partial charge in [0.2, 0.25) is 0 Å². The first-order valence-corrected chi connectivity index (χ1v) is 8.65. The molecule has 1 rings (SSSR count). The highest BCUT2D eigenvalue weighted by atomic mass is 32.2. The predicted octanol–water partition coefficient (Wildman–Crippen LogP) is 3.68. The predicted molar refractivity (Wildman–Crippen MR) is 91.1 cm³/mol. The van der Waals surface area contributed by atoms with Crippen LogP contribution in [0.5, 0.6) is 0 Å². The van der Waals surface area contributed by atoms with Crippen LogP contribution in [-0.2, 0) is 5.41 Å². The number of rotatable bonds is 7. The first kappa shape index (κ1) is 17.1. The number of hydrogen-bond acceptors (Lipinski definition) is 5. The van der Waals surface area contributed by atoms with Crippen LogP contribution in [-0.4, -0.2) is 35.1 Å². The Balaban J connectivity index is 3.06. The molecule has 0 aromatic carbocycles. The lowest BCUT2D eigenvalue weighted by Gasteiger charge is -2.21. The van der Waals surface area contributed by atoms with Crippen molar-refractivity contribution in [2.75, 3.05) is 35.7 Å². The van der Waals surface area contributed by atoms with Crippen molar-refractivity contribution in [2.45, 2.75) is 46.5 Å². The van der Waals surface area contributed by atoms with Gasteiger partial charge >= 0.3 is 0 Å². The standard InChI is InChI=1S/C15H28N4S/c1-7-8-16-12-11(2)13(17-9-10-20-6)19-14(18-12)15(3,4)5/h7-10H2,1-6H3,(H2,16,17,18,19). The second-order valence-corrected chi connectivity index (χ2v) is 6.95. The maximum atomic E-state index is 4.71. The largest absolute Gasteiger partial charge is 0.370 e. The zero-order valence-corrected chi connectivity index (χ0v) is 14.4. The molecule has 0 spiro atoms. The fourth-order valence-corrected chi connectivity index (χ4v) is 2.02. The minimum Gasteiger partial charge on any atom is -0.370 e. The van der Waals surface area contributed by atoms with Gasteiger partial charge in [-0.3, -0.25) is 0 Å². The van der Waals surface area contributed by atoms with Crippen molar-refractivity contribution in [3.05, 3.63) is 11.4 Å². The maximum Gasteiger partial charge on any atom is 0.138 e. The fraction of sp³-hybridized carbons (Fsp3) is 0.733. The number of nitrogens with zero attached hydrogens (tertiary/aromatic N) is 2.